The van der Waals surface area contributed by atoms with Crippen molar-refractivity contribution < 1.29 is 19.1 Å². The Labute approximate surface area is 230 Å². The fraction of sp³-hybridized carbons (Fsp3) is 0.571. The van der Waals surface area contributed by atoms with Crippen molar-refractivity contribution >= 4 is 29.8 Å². The second kappa shape index (κ2) is 10.9. The first-order chi connectivity index (χ1) is 17.6. The summed E-state index contributed by atoms with van der Waals surface area (Å²) in [6.07, 6.45) is 2.81. The summed E-state index contributed by atoms with van der Waals surface area (Å²) in [4.78, 5) is 31.6. The summed E-state index contributed by atoms with van der Waals surface area (Å²) < 4.78 is 11.7. The highest BCUT2D eigenvalue weighted by molar-refractivity contribution is 6.31. The minimum atomic E-state index is -0.561. The van der Waals surface area contributed by atoms with Crippen molar-refractivity contribution in [3.8, 4) is 11.8 Å². The molecule has 1 saturated carbocycles. The molecule has 38 heavy (non-hydrogen) atoms. The molecule has 3 N–H and O–H groups in total. The zero-order chi connectivity index (χ0) is 28.5. The standard InChI is InChI=1S/C28H38ClN5O4/c1-26(2,3)38-25(36)34-11-10-19(16-34)32-15-18(14-31)22(35)33-23-27(4,5)24(28(23,6)7)37-20-9-8-17(13-30)21(29)12-20/h8-9,12,14-15,19,23-24H,10-11,16,31H2,1-7H3,(H,33,35). The van der Waals surface area contributed by atoms with Crippen LogP contribution in [0.25, 0.3) is 0 Å². The zero-order valence-electron chi connectivity index (χ0n) is 23.2. The topological polar surface area (TPSA) is 130 Å². The summed E-state index contributed by atoms with van der Waals surface area (Å²) in [5.41, 5.74) is 5.04. The van der Waals surface area contributed by atoms with Gasteiger partial charge in [-0.2, -0.15) is 5.26 Å². The van der Waals surface area contributed by atoms with Gasteiger partial charge < -0.3 is 25.4 Å². The lowest BCUT2D eigenvalue weighted by Gasteiger charge is -2.63. The van der Waals surface area contributed by atoms with E-state index in [0.29, 0.717) is 35.8 Å². The molecule has 3 rings (SSSR count). The molecule has 206 valence electrons. The van der Waals surface area contributed by atoms with Crippen molar-refractivity contribution in [3.05, 3.63) is 40.6 Å². The summed E-state index contributed by atoms with van der Waals surface area (Å²) in [5.74, 6) is 0.237. The van der Waals surface area contributed by atoms with Gasteiger partial charge in [0.1, 0.15) is 23.5 Å². The molecule has 10 heteroatoms. The molecule has 1 aliphatic carbocycles. The summed E-state index contributed by atoms with van der Waals surface area (Å²) in [5, 5.41) is 12.6. The number of rotatable bonds is 6. The molecule has 2 fully saturated rings. The predicted molar refractivity (Wildman–Crippen MR) is 147 cm³/mol. The van der Waals surface area contributed by atoms with Gasteiger partial charge in [-0.15, -0.1) is 0 Å². The van der Waals surface area contributed by atoms with Gasteiger partial charge in [0.2, 0.25) is 0 Å². The van der Waals surface area contributed by atoms with E-state index in [9.17, 15) is 9.59 Å². The Morgan fingerprint density at radius 2 is 1.92 bits per heavy atom. The van der Waals surface area contributed by atoms with Gasteiger partial charge in [-0.3, -0.25) is 9.79 Å². The Morgan fingerprint density at radius 3 is 2.47 bits per heavy atom. The molecule has 2 aliphatic rings. The maximum Gasteiger partial charge on any atom is 0.410 e. The number of carbonyl (C=O) groups excluding carboxylic acids is 2. The molecule has 0 radical (unpaired) electrons. The number of nitrogens with two attached hydrogens (primary N) is 1. The van der Waals surface area contributed by atoms with Crippen LogP contribution in [-0.2, 0) is 9.53 Å². The molecule has 2 amide bonds. The largest absolute Gasteiger partial charge is 0.489 e. The van der Waals surface area contributed by atoms with E-state index in [4.69, 9.17) is 32.1 Å². The highest BCUT2D eigenvalue weighted by atomic mass is 35.5. The number of nitrogens with one attached hydrogen (secondary N) is 1. The number of nitrogens with zero attached hydrogens (tertiary/aromatic N) is 3. The number of hydrogen-bond donors (Lipinski definition) is 2. The van der Waals surface area contributed by atoms with Crippen LogP contribution in [0.15, 0.2) is 35.0 Å². The quantitative estimate of drug-likeness (QED) is 0.403. The Kier molecular flexibility index (Phi) is 8.37. The van der Waals surface area contributed by atoms with Crippen LogP contribution in [0.2, 0.25) is 5.02 Å². The maximum atomic E-state index is 13.1. The van der Waals surface area contributed by atoms with Crippen molar-refractivity contribution in [2.45, 2.75) is 78.7 Å². The van der Waals surface area contributed by atoms with Crippen LogP contribution in [-0.4, -0.2) is 60.0 Å². The third-order valence-electron chi connectivity index (χ3n) is 7.11. The van der Waals surface area contributed by atoms with Gasteiger partial charge in [0, 0.05) is 48.4 Å². The summed E-state index contributed by atoms with van der Waals surface area (Å²) in [6, 6.07) is 6.68. The van der Waals surface area contributed by atoms with Crippen LogP contribution < -0.4 is 15.8 Å². The average molecular weight is 544 g/mol. The van der Waals surface area contributed by atoms with Crippen molar-refractivity contribution in [1.82, 2.24) is 10.2 Å². The van der Waals surface area contributed by atoms with Crippen LogP contribution >= 0.6 is 11.6 Å². The van der Waals surface area contributed by atoms with Gasteiger partial charge >= 0.3 is 6.09 Å². The Morgan fingerprint density at radius 1 is 1.26 bits per heavy atom. The number of carbonyl (C=O) groups is 2. The molecule has 1 unspecified atom stereocenters. The lowest BCUT2D eigenvalue weighted by atomic mass is 9.49. The lowest BCUT2D eigenvalue weighted by molar-refractivity contribution is -0.172. The monoisotopic (exact) mass is 543 g/mol. The molecular formula is C28H38ClN5O4. The van der Waals surface area contributed by atoms with E-state index in [1.54, 1.807) is 23.1 Å². The molecule has 0 aromatic heterocycles. The number of benzene rings is 1. The zero-order valence-corrected chi connectivity index (χ0v) is 23.9. The van der Waals surface area contributed by atoms with Crippen molar-refractivity contribution in [2.75, 3.05) is 13.1 Å². The SMILES string of the molecule is CC(C)(C)OC(=O)N1CCC(N=CC(=CN)C(=O)NC2C(C)(C)C(Oc3ccc(C#N)c(Cl)c3)C2(C)C)C1. The van der Waals surface area contributed by atoms with E-state index < -0.39 is 16.4 Å². The number of likely N-dealkylation sites (tertiary alicyclic amines) is 1. The fourth-order valence-corrected chi connectivity index (χ4v) is 5.74. The number of ether oxygens (including phenoxy) is 2. The summed E-state index contributed by atoms with van der Waals surface area (Å²) in [6.45, 7) is 14.6. The number of amides is 2. The number of hydrogen-bond acceptors (Lipinski definition) is 7. The normalized spacial score (nSPS) is 24.4. The Balaban J connectivity index is 1.61. The third-order valence-corrected chi connectivity index (χ3v) is 7.42. The Bertz CT molecular complexity index is 1160. The van der Waals surface area contributed by atoms with Crippen LogP contribution in [0.1, 0.15) is 60.5 Å². The molecule has 1 aromatic rings. The highest BCUT2D eigenvalue weighted by Gasteiger charge is 2.64. The molecule has 1 aromatic carbocycles. The number of halogens is 1. The second-order valence-corrected chi connectivity index (χ2v) is 12.5. The van der Waals surface area contributed by atoms with E-state index in [-0.39, 0.29) is 35.8 Å². The van der Waals surface area contributed by atoms with Crippen molar-refractivity contribution in [3.63, 3.8) is 0 Å². The van der Waals surface area contributed by atoms with Crippen LogP contribution in [0.3, 0.4) is 0 Å². The van der Waals surface area contributed by atoms with E-state index in [1.165, 1.54) is 12.4 Å². The van der Waals surface area contributed by atoms with E-state index in [0.717, 1.165) is 0 Å². The van der Waals surface area contributed by atoms with Gasteiger partial charge in [-0.25, -0.2) is 4.79 Å². The predicted octanol–water partition coefficient (Wildman–Crippen LogP) is 4.43. The summed E-state index contributed by atoms with van der Waals surface area (Å²) >= 11 is 6.17. The van der Waals surface area contributed by atoms with Crippen molar-refractivity contribution in [2.24, 2.45) is 21.6 Å². The first kappa shape index (κ1) is 29.3. The van der Waals surface area contributed by atoms with Crippen molar-refractivity contribution in [1.29, 1.82) is 5.26 Å². The molecule has 1 saturated heterocycles. The van der Waals surface area contributed by atoms with Gasteiger partial charge in [0.05, 0.1) is 22.2 Å². The van der Waals surface area contributed by atoms with Gasteiger partial charge in [-0.1, -0.05) is 39.3 Å². The number of nitriles is 1. The van der Waals surface area contributed by atoms with Gasteiger partial charge in [0.25, 0.3) is 5.91 Å². The van der Waals surface area contributed by atoms with E-state index in [1.807, 2.05) is 54.5 Å². The molecule has 1 aliphatic heterocycles. The smallest absolute Gasteiger partial charge is 0.410 e. The molecule has 1 heterocycles. The first-order valence-electron chi connectivity index (χ1n) is 12.7. The minimum Gasteiger partial charge on any atom is -0.489 e. The minimum absolute atomic E-state index is 0.140. The fourth-order valence-electron chi connectivity index (χ4n) is 5.53. The molecule has 0 bridgehead atoms. The average Bonchev–Trinajstić information content (AvgIpc) is 3.29. The van der Waals surface area contributed by atoms with Gasteiger partial charge in [0.15, 0.2) is 0 Å². The van der Waals surface area contributed by atoms with E-state index >= 15 is 0 Å². The lowest BCUT2D eigenvalue weighted by Crippen LogP contribution is -2.74. The van der Waals surface area contributed by atoms with Crippen LogP contribution in [0.5, 0.6) is 5.75 Å². The van der Waals surface area contributed by atoms with Gasteiger partial charge in [-0.05, 0) is 39.3 Å². The first-order valence-corrected chi connectivity index (χ1v) is 13.1. The highest BCUT2D eigenvalue weighted by Crippen LogP contribution is 2.55. The molecule has 0 spiro atoms. The van der Waals surface area contributed by atoms with Crippen LogP contribution in [0.4, 0.5) is 4.79 Å². The molecular weight excluding hydrogens is 506 g/mol. The third kappa shape index (κ3) is 6.24. The van der Waals surface area contributed by atoms with Crippen LogP contribution in [0, 0.1) is 22.2 Å². The molecule has 9 nitrogen and oxygen atoms in total. The molecule has 1 atom stereocenters. The summed E-state index contributed by atoms with van der Waals surface area (Å²) in [7, 11) is 0. The number of aliphatic imine (C=N–C) groups is 1. The maximum absolute atomic E-state index is 13.1. The van der Waals surface area contributed by atoms with E-state index in [2.05, 4.69) is 10.3 Å². The Hall–Kier alpha value is -3.25. The second-order valence-electron chi connectivity index (χ2n) is 12.1.